The summed E-state index contributed by atoms with van der Waals surface area (Å²) in [5.74, 6) is 1.80. The van der Waals surface area contributed by atoms with Gasteiger partial charge >= 0.3 is 0 Å². The SMILES string of the molecule is c1ccc(C2(c3cccc(-c4ccc5c(c4)C4(c6ccccc6-c6ccccc64)c4c(ccc6ccccc46)O5)c3)c3ccccc3-c3c2ccc2ccccc32)cc1. The molecule has 1 atom stereocenters. The van der Waals surface area contributed by atoms with E-state index < -0.39 is 10.8 Å². The summed E-state index contributed by atoms with van der Waals surface area (Å²) in [5.41, 5.74) is 16.5. The molecule has 1 heterocycles. The van der Waals surface area contributed by atoms with E-state index in [4.69, 9.17) is 4.74 Å². The third-order valence-corrected chi connectivity index (χ3v) is 13.6. The van der Waals surface area contributed by atoms with Gasteiger partial charge in [0.2, 0.25) is 0 Å². The summed E-state index contributed by atoms with van der Waals surface area (Å²) >= 11 is 0. The normalized spacial score (nSPS) is 16.1. The Hall–Kier alpha value is -7.48. The number of hydrogen-bond acceptors (Lipinski definition) is 1. The minimum Gasteiger partial charge on any atom is -0.457 e. The fourth-order valence-electron chi connectivity index (χ4n) is 11.3. The predicted octanol–water partition coefficient (Wildman–Crippen LogP) is 14.5. The van der Waals surface area contributed by atoms with Crippen LogP contribution in [0.5, 0.6) is 11.5 Å². The lowest BCUT2D eigenvalue weighted by Crippen LogP contribution is -2.32. The van der Waals surface area contributed by atoms with Gasteiger partial charge in [-0.25, -0.2) is 0 Å². The Morgan fingerprint density at radius 3 is 1.63 bits per heavy atom. The zero-order valence-corrected chi connectivity index (χ0v) is 32.2. The quantitative estimate of drug-likeness (QED) is 0.175. The average molecular weight is 749 g/mol. The fraction of sp³-hybridized carbons (Fsp3) is 0.0345. The van der Waals surface area contributed by atoms with Gasteiger partial charge in [-0.15, -0.1) is 0 Å². The van der Waals surface area contributed by atoms with E-state index >= 15 is 0 Å². The van der Waals surface area contributed by atoms with Gasteiger partial charge in [-0.05, 0) is 113 Å². The molecule has 3 aliphatic rings. The molecule has 0 saturated heterocycles. The van der Waals surface area contributed by atoms with Crippen LogP contribution in [0, 0.1) is 0 Å². The van der Waals surface area contributed by atoms with E-state index in [0.717, 1.165) is 17.1 Å². The summed E-state index contributed by atoms with van der Waals surface area (Å²) in [6.45, 7) is 0. The van der Waals surface area contributed by atoms with Crippen molar-refractivity contribution in [2.24, 2.45) is 0 Å². The Balaban J connectivity index is 1.08. The molecule has 2 aliphatic carbocycles. The summed E-state index contributed by atoms with van der Waals surface area (Å²) in [6, 6.07) is 81.1. The fourth-order valence-corrected chi connectivity index (χ4v) is 11.3. The Morgan fingerprint density at radius 2 is 0.864 bits per heavy atom. The lowest BCUT2D eigenvalue weighted by Gasteiger charge is -2.40. The van der Waals surface area contributed by atoms with Gasteiger partial charge in [0, 0.05) is 11.1 Å². The highest BCUT2D eigenvalue weighted by Crippen LogP contribution is 2.64. The van der Waals surface area contributed by atoms with Gasteiger partial charge in [0.1, 0.15) is 11.5 Å². The van der Waals surface area contributed by atoms with E-state index in [1.54, 1.807) is 0 Å². The largest absolute Gasteiger partial charge is 0.457 e. The van der Waals surface area contributed by atoms with Crippen LogP contribution in [0.4, 0.5) is 0 Å². The van der Waals surface area contributed by atoms with Crippen molar-refractivity contribution >= 4 is 21.5 Å². The van der Waals surface area contributed by atoms with E-state index in [1.165, 1.54) is 93.9 Å². The maximum Gasteiger partial charge on any atom is 0.132 e. The number of hydrogen-bond donors (Lipinski definition) is 0. The molecule has 1 heteroatoms. The molecule has 10 aromatic carbocycles. The molecule has 1 aliphatic heterocycles. The highest BCUT2D eigenvalue weighted by atomic mass is 16.5. The Kier molecular flexibility index (Phi) is 6.64. The Labute approximate surface area is 343 Å². The zero-order valence-electron chi connectivity index (χ0n) is 32.2. The number of rotatable bonds is 3. The van der Waals surface area contributed by atoms with Crippen LogP contribution >= 0.6 is 0 Å². The monoisotopic (exact) mass is 748 g/mol. The molecule has 0 saturated carbocycles. The van der Waals surface area contributed by atoms with Gasteiger partial charge in [0.15, 0.2) is 0 Å². The average Bonchev–Trinajstić information content (AvgIpc) is 3.78. The van der Waals surface area contributed by atoms with Gasteiger partial charge in [0.25, 0.3) is 0 Å². The Morgan fingerprint density at radius 1 is 0.305 bits per heavy atom. The first-order chi connectivity index (χ1) is 29.3. The lowest BCUT2D eigenvalue weighted by atomic mass is 9.64. The highest BCUT2D eigenvalue weighted by Gasteiger charge is 2.52. The first-order valence-electron chi connectivity index (χ1n) is 20.6. The first kappa shape index (κ1) is 32.6. The van der Waals surface area contributed by atoms with Crippen LogP contribution in [0.3, 0.4) is 0 Å². The molecule has 0 radical (unpaired) electrons. The van der Waals surface area contributed by atoms with Gasteiger partial charge < -0.3 is 4.74 Å². The van der Waals surface area contributed by atoms with Crippen LogP contribution in [-0.4, -0.2) is 0 Å². The van der Waals surface area contributed by atoms with Crippen molar-refractivity contribution in [3.63, 3.8) is 0 Å². The second-order valence-electron chi connectivity index (χ2n) is 16.3. The molecule has 1 nitrogen and oxygen atoms in total. The van der Waals surface area contributed by atoms with E-state index in [9.17, 15) is 0 Å². The van der Waals surface area contributed by atoms with E-state index in [-0.39, 0.29) is 0 Å². The maximum atomic E-state index is 6.99. The standard InChI is InChI=1S/C58H36O/c1-2-18-41(19-3-1)57(50-28-13-10-25-47(50)55-43-21-6-4-15-37(43)29-32-51(55)57)42-20-14-17-39(35-42)40-31-33-53-52(36-40)58(56-44-22-7-5-16-38(44)30-34-54(56)59-53)48-26-11-8-23-45(48)46-24-9-12-27-49(46)58/h1-36H. The minimum absolute atomic E-state index is 0.521. The lowest BCUT2D eigenvalue weighted by molar-refractivity contribution is 0.438. The summed E-state index contributed by atoms with van der Waals surface area (Å²) in [4.78, 5) is 0. The van der Waals surface area contributed by atoms with Gasteiger partial charge in [-0.2, -0.15) is 0 Å². The number of fused-ring (bicyclic) bond motifs is 16. The van der Waals surface area contributed by atoms with E-state index in [1.807, 2.05) is 0 Å². The molecule has 1 spiro atoms. The molecule has 59 heavy (non-hydrogen) atoms. The molecular weight excluding hydrogens is 713 g/mol. The van der Waals surface area contributed by atoms with Crippen LogP contribution in [0.1, 0.15) is 44.5 Å². The van der Waals surface area contributed by atoms with Gasteiger partial charge in [-0.1, -0.05) is 194 Å². The van der Waals surface area contributed by atoms with Crippen LogP contribution in [-0.2, 0) is 10.8 Å². The molecule has 0 N–H and O–H groups in total. The van der Waals surface area contributed by atoms with Crippen LogP contribution in [0.25, 0.3) is 54.9 Å². The van der Waals surface area contributed by atoms with Crippen LogP contribution < -0.4 is 4.74 Å². The number of benzene rings is 10. The van der Waals surface area contributed by atoms with Gasteiger partial charge in [-0.3, -0.25) is 0 Å². The third-order valence-electron chi connectivity index (χ3n) is 13.6. The predicted molar refractivity (Wildman–Crippen MR) is 242 cm³/mol. The molecule has 0 bridgehead atoms. The van der Waals surface area contributed by atoms with Gasteiger partial charge in [0.05, 0.1) is 10.8 Å². The molecule has 0 fully saturated rings. The zero-order chi connectivity index (χ0) is 38.7. The van der Waals surface area contributed by atoms with Crippen molar-refractivity contribution in [3.8, 4) is 44.9 Å². The highest BCUT2D eigenvalue weighted by molar-refractivity contribution is 6.04. The van der Waals surface area contributed by atoms with E-state index in [0.29, 0.717) is 0 Å². The minimum atomic E-state index is -0.583. The van der Waals surface area contributed by atoms with E-state index in [2.05, 4.69) is 218 Å². The summed E-state index contributed by atoms with van der Waals surface area (Å²) in [7, 11) is 0. The molecule has 13 rings (SSSR count). The molecule has 0 aromatic heterocycles. The van der Waals surface area contributed by atoms with Crippen LogP contribution in [0.2, 0.25) is 0 Å². The van der Waals surface area contributed by atoms with Crippen molar-refractivity contribution in [1.29, 1.82) is 0 Å². The second-order valence-corrected chi connectivity index (χ2v) is 16.3. The molecule has 274 valence electrons. The van der Waals surface area contributed by atoms with Crippen molar-refractivity contribution in [2.75, 3.05) is 0 Å². The smallest absolute Gasteiger partial charge is 0.132 e. The molecular formula is C58H36O. The van der Waals surface area contributed by atoms with Crippen molar-refractivity contribution in [2.45, 2.75) is 10.8 Å². The molecule has 10 aromatic rings. The summed E-state index contributed by atoms with van der Waals surface area (Å²) < 4.78 is 6.99. The molecule has 0 amide bonds. The maximum absolute atomic E-state index is 6.99. The molecule has 1 unspecified atom stereocenters. The van der Waals surface area contributed by atoms with Crippen molar-refractivity contribution in [1.82, 2.24) is 0 Å². The number of ether oxygens (including phenoxy) is 1. The summed E-state index contributed by atoms with van der Waals surface area (Å²) in [6.07, 6.45) is 0. The Bertz CT molecular complexity index is 3330. The topological polar surface area (TPSA) is 9.23 Å². The third kappa shape index (κ3) is 4.19. The van der Waals surface area contributed by atoms with Crippen molar-refractivity contribution in [3.05, 3.63) is 263 Å². The van der Waals surface area contributed by atoms with Crippen molar-refractivity contribution < 1.29 is 4.74 Å². The second kappa shape index (κ2) is 12.0. The van der Waals surface area contributed by atoms with Crippen LogP contribution in [0.15, 0.2) is 218 Å². The summed E-state index contributed by atoms with van der Waals surface area (Å²) in [5, 5.41) is 4.97. The first-order valence-corrected chi connectivity index (χ1v) is 20.6.